The standard InChI is InChI=1S/C14H28O2/c1-6-7-13(16-5)8-10-14(15,11-9-13)12(2,3)4/h15H,6-11H2,1-5H3. The van der Waals surface area contributed by atoms with Crippen molar-refractivity contribution in [3.8, 4) is 0 Å². The Bertz CT molecular complexity index is 219. The van der Waals surface area contributed by atoms with Gasteiger partial charge in [0.15, 0.2) is 0 Å². The maximum absolute atomic E-state index is 10.6. The molecule has 0 radical (unpaired) electrons. The summed E-state index contributed by atoms with van der Waals surface area (Å²) in [5, 5.41) is 10.6. The Morgan fingerprint density at radius 2 is 1.62 bits per heavy atom. The first-order valence-electron chi connectivity index (χ1n) is 6.56. The molecule has 0 atom stereocenters. The van der Waals surface area contributed by atoms with Crippen LogP contribution in [0, 0.1) is 5.41 Å². The second kappa shape index (κ2) is 4.66. The molecule has 1 N–H and O–H groups in total. The summed E-state index contributed by atoms with van der Waals surface area (Å²) in [6.07, 6.45) is 5.98. The molecule has 0 heterocycles. The minimum atomic E-state index is -0.511. The monoisotopic (exact) mass is 228 g/mol. The van der Waals surface area contributed by atoms with Gasteiger partial charge in [-0.15, -0.1) is 0 Å². The highest BCUT2D eigenvalue weighted by Gasteiger charge is 2.47. The van der Waals surface area contributed by atoms with Crippen molar-refractivity contribution in [1.29, 1.82) is 0 Å². The third kappa shape index (κ3) is 2.60. The average molecular weight is 228 g/mol. The van der Waals surface area contributed by atoms with Crippen LogP contribution in [0.1, 0.15) is 66.2 Å². The summed E-state index contributed by atoms with van der Waals surface area (Å²) in [5.41, 5.74) is -0.506. The number of aliphatic hydroxyl groups is 1. The van der Waals surface area contributed by atoms with Gasteiger partial charge in [-0.2, -0.15) is 0 Å². The number of rotatable bonds is 3. The molecule has 1 aliphatic carbocycles. The lowest BCUT2D eigenvalue weighted by Crippen LogP contribution is -2.50. The van der Waals surface area contributed by atoms with E-state index in [0.29, 0.717) is 0 Å². The molecule has 2 heteroatoms. The van der Waals surface area contributed by atoms with Crippen LogP contribution < -0.4 is 0 Å². The lowest BCUT2D eigenvalue weighted by atomic mass is 9.64. The highest BCUT2D eigenvalue weighted by Crippen LogP contribution is 2.47. The van der Waals surface area contributed by atoms with Crippen LogP contribution in [0.4, 0.5) is 0 Å². The maximum Gasteiger partial charge on any atom is 0.0697 e. The number of methoxy groups -OCH3 is 1. The molecular formula is C14H28O2. The summed E-state index contributed by atoms with van der Waals surface area (Å²) in [7, 11) is 1.82. The van der Waals surface area contributed by atoms with Gasteiger partial charge in [0.2, 0.25) is 0 Å². The van der Waals surface area contributed by atoms with E-state index in [0.717, 1.165) is 38.5 Å². The van der Waals surface area contributed by atoms with Gasteiger partial charge in [0.25, 0.3) is 0 Å². The Morgan fingerprint density at radius 1 is 1.12 bits per heavy atom. The van der Waals surface area contributed by atoms with E-state index in [1.54, 1.807) is 0 Å². The minimum absolute atomic E-state index is 0.0287. The van der Waals surface area contributed by atoms with E-state index in [4.69, 9.17) is 4.74 Å². The van der Waals surface area contributed by atoms with Crippen LogP contribution in [0.2, 0.25) is 0 Å². The Balaban J connectivity index is 2.69. The van der Waals surface area contributed by atoms with E-state index in [1.807, 2.05) is 7.11 Å². The zero-order valence-corrected chi connectivity index (χ0v) is 11.6. The molecule has 0 spiro atoms. The maximum atomic E-state index is 10.6. The van der Waals surface area contributed by atoms with E-state index >= 15 is 0 Å². The normalized spacial score (nSPS) is 36.4. The molecule has 16 heavy (non-hydrogen) atoms. The van der Waals surface area contributed by atoms with Crippen molar-refractivity contribution >= 4 is 0 Å². The lowest BCUT2D eigenvalue weighted by Gasteiger charge is -2.49. The van der Waals surface area contributed by atoms with Gasteiger partial charge in [-0.05, 0) is 37.5 Å². The van der Waals surface area contributed by atoms with Gasteiger partial charge in [-0.25, -0.2) is 0 Å². The third-order valence-electron chi connectivity index (χ3n) is 4.52. The van der Waals surface area contributed by atoms with Crippen molar-refractivity contribution in [3.05, 3.63) is 0 Å². The molecule has 1 fully saturated rings. The second-order valence-corrected chi connectivity index (χ2v) is 6.42. The predicted octanol–water partition coefficient (Wildman–Crippen LogP) is 3.52. The topological polar surface area (TPSA) is 29.5 Å². The van der Waals surface area contributed by atoms with E-state index < -0.39 is 5.60 Å². The first-order chi connectivity index (χ1) is 7.29. The van der Waals surface area contributed by atoms with Crippen molar-refractivity contribution in [1.82, 2.24) is 0 Å². The zero-order chi connectivity index (χ0) is 12.4. The quantitative estimate of drug-likeness (QED) is 0.801. The molecule has 1 aliphatic rings. The molecule has 0 aromatic rings. The number of ether oxygens (including phenoxy) is 1. The summed E-state index contributed by atoms with van der Waals surface area (Å²) >= 11 is 0. The Labute approximate surface area is 100 Å². The fourth-order valence-corrected chi connectivity index (χ4v) is 2.88. The van der Waals surface area contributed by atoms with Gasteiger partial charge in [-0.1, -0.05) is 34.1 Å². The van der Waals surface area contributed by atoms with Crippen LogP contribution in [0.5, 0.6) is 0 Å². The SMILES string of the molecule is CCCC1(OC)CCC(O)(C(C)(C)C)CC1. The van der Waals surface area contributed by atoms with Gasteiger partial charge in [0, 0.05) is 7.11 Å². The largest absolute Gasteiger partial charge is 0.389 e. The minimum Gasteiger partial charge on any atom is -0.389 e. The molecule has 0 aliphatic heterocycles. The molecule has 0 amide bonds. The second-order valence-electron chi connectivity index (χ2n) is 6.42. The fourth-order valence-electron chi connectivity index (χ4n) is 2.88. The molecule has 0 unspecified atom stereocenters. The van der Waals surface area contributed by atoms with Gasteiger partial charge in [-0.3, -0.25) is 0 Å². The Morgan fingerprint density at radius 3 is 1.94 bits per heavy atom. The lowest BCUT2D eigenvalue weighted by molar-refractivity contribution is -0.143. The first-order valence-corrected chi connectivity index (χ1v) is 6.56. The van der Waals surface area contributed by atoms with Crippen LogP contribution in [0.25, 0.3) is 0 Å². The molecule has 1 rings (SSSR count). The van der Waals surface area contributed by atoms with E-state index in [9.17, 15) is 5.11 Å². The van der Waals surface area contributed by atoms with Crippen molar-refractivity contribution in [2.75, 3.05) is 7.11 Å². The van der Waals surface area contributed by atoms with Crippen LogP contribution in [-0.2, 0) is 4.74 Å². The molecule has 0 bridgehead atoms. The van der Waals surface area contributed by atoms with Crippen molar-refractivity contribution < 1.29 is 9.84 Å². The smallest absolute Gasteiger partial charge is 0.0697 e. The summed E-state index contributed by atoms with van der Waals surface area (Å²) in [5.74, 6) is 0. The average Bonchev–Trinajstić information content (AvgIpc) is 2.21. The Kier molecular flexibility index (Phi) is 4.07. The highest BCUT2D eigenvalue weighted by atomic mass is 16.5. The first kappa shape index (κ1) is 14.0. The Hall–Kier alpha value is -0.0800. The van der Waals surface area contributed by atoms with Gasteiger partial charge in [0.1, 0.15) is 0 Å². The summed E-state index contributed by atoms with van der Waals surface area (Å²) in [6, 6.07) is 0. The van der Waals surface area contributed by atoms with Crippen LogP contribution in [0.3, 0.4) is 0 Å². The summed E-state index contributed by atoms with van der Waals surface area (Å²) in [6.45, 7) is 8.59. The molecular weight excluding hydrogens is 200 g/mol. The highest BCUT2D eigenvalue weighted by molar-refractivity contribution is 4.99. The van der Waals surface area contributed by atoms with Crippen molar-refractivity contribution in [3.63, 3.8) is 0 Å². The number of hydrogen-bond acceptors (Lipinski definition) is 2. The van der Waals surface area contributed by atoms with E-state index in [-0.39, 0.29) is 11.0 Å². The molecule has 2 nitrogen and oxygen atoms in total. The predicted molar refractivity (Wildman–Crippen MR) is 67.5 cm³/mol. The summed E-state index contributed by atoms with van der Waals surface area (Å²) < 4.78 is 5.71. The van der Waals surface area contributed by atoms with Crippen LogP contribution in [0.15, 0.2) is 0 Å². The zero-order valence-electron chi connectivity index (χ0n) is 11.6. The molecule has 0 aromatic heterocycles. The van der Waals surface area contributed by atoms with Gasteiger partial charge < -0.3 is 9.84 Å². The number of hydrogen-bond donors (Lipinski definition) is 1. The van der Waals surface area contributed by atoms with Gasteiger partial charge in [0.05, 0.1) is 11.2 Å². The van der Waals surface area contributed by atoms with Crippen LogP contribution >= 0.6 is 0 Å². The van der Waals surface area contributed by atoms with E-state index in [1.165, 1.54) is 0 Å². The van der Waals surface area contributed by atoms with Crippen molar-refractivity contribution in [2.24, 2.45) is 5.41 Å². The fraction of sp³-hybridized carbons (Fsp3) is 1.00. The molecule has 1 saturated carbocycles. The van der Waals surface area contributed by atoms with Crippen LogP contribution in [-0.4, -0.2) is 23.4 Å². The van der Waals surface area contributed by atoms with E-state index in [2.05, 4.69) is 27.7 Å². The van der Waals surface area contributed by atoms with Crippen molar-refractivity contribution in [2.45, 2.75) is 77.4 Å². The summed E-state index contributed by atoms with van der Waals surface area (Å²) in [4.78, 5) is 0. The third-order valence-corrected chi connectivity index (χ3v) is 4.52. The molecule has 0 saturated heterocycles. The molecule has 96 valence electrons. The molecule has 0 aromatic carbocycles. The van der Waals surface area contributed by atoms with Gasteiger partial charge >= 0.3 is 0 Å².